The summed E-state index contributed by atoms with van der Waals surface area (Å²) in [4.78, 5) is 19.5. The molecule has 0 aliphatic heterocycles. The lowest BCUT2D eigenvalue weighted by molar-refractivity contribution is -0.921. The SMILES string of the molecule is CC[N+](CC)(CC)CC.O=C([O-])CS(=O)(=O)c1ccc([N+](=O)[O-])cc1. The number of rotatable bonds is 8. The van der Waals surface area contributed by atoms with E-state index in [-0.39, 0.29) is 10.6 Å². The average molecular weight is 374 g/mol. The molecule has 142 valence electrons. The highest BCUT2D eigenvalue weighted by Crippen LogP contribution is 2.16. The van der Waals surface area contributed by atoms with Crippen molar-refractivity contribution in [2.45, 2.75) is 32.6 Å². The quantitative estimate of drug-likeness (QED) is 0.381. The number of quaternary nitrogens is 1. The number of sulfone groups is 1. The normalized spacial score (nSPS) is 11.4. The van der Waals surface area contributed by atoms with Gasteiger partial charge in [-0.3, -0.25) is 10.1 Å². The van der Waals surface area contributed by atoms with E-state index in [1.807, 2.05) is 0 Å². The van der Waals surface area contributed by atoms with Gasteiger partial charge in [0.25, 0.3) is 5.69 Å². The molecule has 0 aliphatic carbocycles. The Bertz CT molecular complexity index is 649. The summed E-state index contributed by atoms with van der Waals surface area (Å²) in [5.74, 6) is -2.87. The summed E-state index contributed by atoms with van der Waals surface area (Å²) in [5, 5.41) is 20.5. The van der Waals surface area contributed by atoms with Crippen LogP contribution in [0.25, 0.3) is 0 Å². The van der Waals surface area contributed by atoms with Gasteiger partial charge in [-0.1, -0.05) is 0 Å². The smallest absolute Gasteiger partial charge is 0.269 e. The zero-order valence-electron chi connectivity index (χ0n) is 15.1. The third kappa shape index (κ3) is 7.18. The second-order valence-corrected chi connectivity index (χ2v) is 7.48. The molecular weight excluding hydrogens is 348 g/mol. The van der Waals surface area contributed by atoms with Crippen LogP contribution in [0.2, 0.25) is 0 Å². The van der Waals surface area contributed by atoms with E-state index in [9.17, 15) is 28.4 Å². The van der Waals surface area contributed by atoms with Gasteiger partial charge in [-0.05, 0) is 39.8 Å². The van der Waals surface area contributed by atoms with Gasteiger partial charge in [-0.25, -0.2) is 8.42 Å². The van der Waals surface area contributed by atoms with E-state index < -0.39 is 26.5 Å². The summed E-state index contributed by atoms with van der Waals surface area (Å²) in [7, 11) is -3.99. The molecule has 8 nitrogen and oxygen atoms in total. The second kappa shape index (κ2) is 10.1. The van der Waals surface area contributed by atoms with Gasteiger partial charge in [-0.15, -0.1) is 0 Å². The Hall–Kier alpha value is -2.00. The van der Waals surface area contributed by atoms with Gasteiger partial charge in [0.05, 0.1) is 47.7 Å². The highest BCUT2D eigenvalue weighted by atomic mass is 32.2. The maximum absolute atomic E-state index is 11.3. The molecule has 0 amide bonds. The predicted octanol–water partition coefficient (Wildman–Crippen LogP) is 1.00. The first kappa shape index (κ1) is 23.0. The number of nitro benzene ring substituents is 1. The predicted molar refractivity (Wildman–Crippen MR) is 92.6 cm³/mol. The van der Waals surface area contributed by atoms with Gasteiger partial charge in [0.1, 0.15) is 0 Å². The third-order valence-corrected chi connectivity index (χ3v) is 6.00. The topological polar surface area (TPSA) is 117 Å². The maximum Gasteiger partial charge on any atom is 0.269 e. The molecule has 0 radical (unpaired) electrons. The number of nitro groups is 1. The number of hydrogen-bond acceptors (Lipinski definition) is 6. The summed E-state index contributed by atoms with van der Waals surface area (Å²) < 4.78 is 23.9. The minimum atomic E-state index is -3.99. The van der Waals surface area contributed by atoms with Crippen LogP contribution in [-0.2, 0) is 14.6 Å². The molecule has 0 unspecified atom stereocenters. The largest absolute Gasteiger partial charge is 0.549 e. The van der Waals surface area contributed by atoms with Crippen LogP contribution in [0.3, 0.4) is 0 Å². The van der Waals surface area contributed by atoms with Crippen LogP contribution in [0.1, 0.15) is 27.7 Å². The highest BCUT2D eigenvalue weighted by molar-refractivity contribution is 7.92. The Morgan fingerprint density at radius 1 is 1.00 bits per heavy atom. The summed E-state index contributed by atoms with van der Waals surface area (Å²) in [6.07, 6.45) is 0. The number of carboxylic acids is 1. The zero-order chi connectivity index (χ0) is 19.7. The minimum Gasteiger partial charge on any atom is -0.549 e. The molecule has 1 rings (SSSR count). The molecule has 0 N–H and O–H groups in total. The Labute approximate surface area is 148 Å². The lowest BCUT2D eigenvalue weighted by Crippen LogP contribution is -2.47. The Morgan fingerprint density at radius 3 is 1.64 bits per heavy atom. The number of carbonyl (C=O) groups is 1. The molecule has 0 aromatic heterocycles. The molecule has 0 heterocycles. The fourth-order valence-corrected chi connectivity index (χ4v) is 3.38. The van der Waals surface area contributed by atoms with Gasteiger partial charge in [0.2, 0.25) is 0 Å². The van der Waals surface area contributed by atoms with Gasteiger partial charge >= 0.3 is 0 Å². The standard InChI is InChI=1S/C8H7NO6S.C8H20N/c10-8(11)5-16(14,15)7-3-1-6(2-4-7)9(12)13;1-5-9(6-2,7-3)8-4/h1-4H,5H2,(H,10,11);5-8H2,1-4H3/q;+1/p-1. The molecular formula is C16H26N2O6S. The number of aliphatic carboxylic acids is 1. The molecule has 25 heavy (non-hydrogen) atoms. The zero-order valence-corrected chi connectivity index (χ0v) is 15.9. The molecule has 0 aliphatic rings. The van der Waals surface area contributed by atoms with E-state index in [0.29, 0.717) is 0 Å². The number of nitrogens with zero attached hydrogens (tertiary/aromatic N) is 2. The van der Waals surface area contributed by atoms with E-state index in [0.717, 1.165) is 24.3 Å². The van der Waals surface area contributed by atoms with Gasteiger partial charge in [-0.2, -0.15) is 0 Å². The first-order valence-electron chi connectivity index (χ1n) is 8.09. The maximum atomic E-state index is 11.3. The van der Waals surface area contributed by atoms with Crippen molar-refractivity contribution < 1.29 is 27.7 Å². The van der Waals surface area contributed by atoms with Crippen LogP contribution in [-0.4, -0.2) is 55.7 Å². The van der Waals surface area contributed by atoms with Crippen molar-refractivity contribution in [3.63, 3.8) is 0 Å². The highest BCUT2D eigenvalue weighted by Gasteiger charge is 2.17. The van der Waals surface area contributed by atoms with Crippen molar-refractivity contribution in [3.05, 3.63) is 34.4 Å². The fraction of sp³-hybridized carbons (Fsp3) is 0.562. The van der Waals surface area contributed by atoms with Crippen LogP contribution in [0.5, 0.6) is 0 Å². The van der Waals surface area contributed by atoms with Crippen molar-refractivity contribution in [2.75, 3.05) is 31.9 Å². The summed E-state index contributed by atoms with van der Waals surface area (Å²) in [6, 6.07) is 3.94. The lowest BCUT2D eigenvalue weighted by Gasteiger charge is -2.34. The van der Waals surface area contributed by atoms with Crippen molar-refractivity contribution in [1.82, 2.24) is 0 Å². The summed E-state index contributed by atoms with van der Waals surface area (Å²) in [5.41, 5.74) is -0.271. The molecule has 1 aromatic rings. The Kier molecular flexibility index (Phi) is 9.29. The van der Waals surface area contributed by atoms with Crippen molar-refractivity contribution in [1.29, 1.82) is 0 Å². The first-order chi connectivity index (χ1) is 11.6. The van der Waals surface area contributed by atoms with E-state index in [1.165, 1.54) is 30.7 Å². The van der Waals surface area contributed by atoms with Crippen LogP contribution >= 0.6 is 0 Å². The van der Waals surface area contributed by atoms with Crippen molar-refractivity contribution in [2.24, 2.45) is 0 Å². The minimum absolute atomic E-state index is 0.271. The van der Waals surface area contributed by atoms with E-state index in [1.54, 1.807) is 0 Å². The number of benzene rings is 1. The van der Waals surface area contributed by atoms with E-state index >= 15 is 0 Å². The van der Waals surface area contributed by atoms with Crippen LogP contribution in [0, 0.1) is 10.1 Å². The third-order valence-electron chi connectivity index (χ3n) is 4.40. The number of carbonyl (C=O) groups excluding carboxylic acids is 1. The Morgan fingerprint density at radius 2 is 1.40 bits per heavy atom. The van der Waals surface area contributed by atoms with Gasteiger partial charge in [0, 0.05) is 12.1 Å². The van der Waals surface area contributed by atoms with Crippen LogP contribution in [0.15, 0.2) is 29.2 Å². The van der Waals surface area contributed by atoms with E-state index in [2.05, 4.69) is 27.7 Å². The molecule has 1 aromatic carbocycles. The monoisotopic (exact) mass is 374 g/mol. The Balaban J connectivity index is 0.000000547. The number of carboxylic acid groups (broad SMARTS) is 1. The van der Waals surface area contributed by atoms with Crippen LogP contribution < -0.4 is 5.11 Å². The molecule has 0 fully saturated rings. The molecule has 9 heteroatoms. The molecule has 0 saturated heterocycles. The molecule has 0 bridgehead atoms. The first-order valence-corrected chi connectivity index (χ1v) is 9.74. The number of hydrogen-bond donors (Lipinski definition) is 0. The summed E-state index contributed by atoms with van der Waals surface area (Å²) in [6.45, 7) is 14.2. The molecule has 0 atom stereocenters. The second-order valence-electron chi connectivity index (χ2n) is 5.49. The van der Waals surface area contributed by atoms with E-state index in [4.69, 9.17) is 0 Å². The summed E-state index contributed by atoms with van der Waals surface area (Å²) >= 11 is 0. The average Bonchev–Trinajstić information content (AvgIpc) is 2.57. The lowest BCUT2D eigenvalue weighted by atomic mass is 10.3. The molecule has 0 spiro atoms. The molecule has 0 saturated carbocycles. The number of non-ortho nitro benzene ring substituents is 1. The van der Waals surface area contributed by atoms with Gasteiger partial charge < -0.3 is 14.4 Å². The van der Waals surface area contributed by atoms with Crippen LogP contribution in [0.4, 0.5) is 5.69 Å². The van der Waals surface area contributed by atoms with Gasteiger partial charge in [0.15, 0.2) is 9.84 Å². The van der Waals surface area contributed by atoms with Crippen molar-refractivity contribution in [3.8, 4) is 0 Å². The fourth-order valence-electron chi connectivity index (χ4n) is 2.36. The van der Waals surface area contributed by atoms with Crippen molar-refractivity contribution >= 4 is 21.5 Å².